The number of amides is 1. The van der Waals surface area contributed by atoms with E-state index in [-0.39, 0.29) is 19.4 Å². The van der Waals surface area contributed by atoms with Crippen molar-refractivity contribution >= 4 is 11.9 Å². The average Bonchev–Trinajstić information content (AvgIpc) is 1.52. The molecule has 1 heterocycles. The Morgan fingerprint density at radius 1 is 0.448 bits per heavy atom. The number of nitrogens with one attached hydrogen (secondary N) is 1. The van der Waals surface area contributed by atoms with Crippen molar-refractivity contribution in [2.75, 3.05) is 13.2 Å². The number of unbranched alkanes of at least 4 members (excludes halogenated alkanes) is 30. The lowest BCUT2D eigenvalue weighted by Crippen LogP contribution is -2.61. The van der Waals surface area contributed by atoms with Gasteiger partial charge in [0.15, 0.2) is 12.4 Å². The SMILES string of the molecule is CCCCC/C=C\C/C=C\C/C=C\C/C=C\CCCCCCCCCCCCC(O)C(=O)NC(COC1OC(CO)C(O)C(O)C1OC(=O)CCCCC/C=C\C/C=C\C/C=C\C/C=C\CCCCC)C(O)/C=C/CCCCCCCCCCCCC. The Balaban J connectivity index is 2.62. The predicted molar refractivity (Wildman–Crippen MR) is 365 cm³/mol. The first kappa shape index (κ1) is 81.3. The fraction of sp³-hybridized carbons (Fsp3) is 0.737. The van der Waals surface area contributed by atoms with E-state index in [0.717, 1.165) is 103 Å². The predicted octanol–water partition coefficient (Wildman–Crippen LogP) is 18.4. The molecule has 1 aliphatic heterocycles. The van der Waals surface area contributed by atoms with Gasteiger partial charge in [0.05, 0.1) is 25.4 Å². The molecule has 1 fully saturated rings. The zero-order valence-corrected chi connectivity index (χ0v) is 55.6. The lowest BCUT2D eigenvalue weighted by atomic mass is 9.99. The molecule has 11 heteroatoms. The Morgan fingerprint density at radius 3 is 1.21 bits per heavy atom. The zero-order valence-electron chi connectivity index (χ0n) is 55.6. The Kier molecular flexibility index (Phi) is 58.4. The molecular weight excluding hydrogens is 1090 g/mol. The van der Waals surface area contributed by atoms with Gasteiger partial charge in [-0.05, 0) is 116 Å². The van der Waals surface area contributed by atoms with E-state index in [1.165, 1.54) is 148 Å². The van der Waals surface area contributed by atoms with Crippen molar-refractivity contribution in [3.8, 4) is 0 Å². The van der Waals surface area contributed by atoms with Crippen molar-refractivity contribution in [1.29, 1.82) is 0 Å². The van der Waals surface area contributed by atoms with E-state index < -0.39 is 67.4 Å². The van der Waals surface area contributed by atoms with E-state index >= 15 is 0 Å². The van der Waals surface area contributed by atoms with E-state index in [2.05, 4.69) is 123 Å². The number of ether oxygens (including phenoxy) is 3. The molecule has 8 unspecified atom stereocenters. The van der Waals surface area contributed by atoms with Crippen molar-refractivity contribution in [1.82, 2.24) is 5.32 Å². The van der Waals surface area contributed by atoms with Crippen LogP contribution in [0, 0.1) is 0 Å². The third kappa shape index (κ3) is 49.7. The van der Waals surface area contributed by atoms with Crippen LogP contribution in [-0.2, 0) is 23.8 Å². The van der Waals surface area contributed by atoms with E-state index in [4.69, 9.17) is 14.2 Å². The normalized spacial score (nSPS) is 18.9. The number of aliphatic hydroxyl groups excluding tert-OH is 5. The standard InChI is InChI=1S/C76H131NO10/c1-4-7-10-13-16-19-22-25-27-29-31-32-33-34-35-36-37-39-40-42-45-48-51-54-57-60-63-69(80)75(84)77-67(68(79)62-59-56-53-50-47-44-24-21-18-15-12-9-6-3)66-85-76-74(73(83)72(82)70(65-78)86-76)87-71(81)64-61-58-55-52-49-46-43-41-38-30-28-26-23-20-17-14-11-8-5-2/h16-17,19-20,25-28,31-32,34-35,38,41,46,49,59,62,67-70,72-74,76,78-80,82-83H,4-15,18,21-24,29-30,33,36-37,39-40,42-45,47-48,50-58,60-61,63-66H2,1-3H3,(H,77,84)/b19-16-,20-17-,27-25-,28-26-,32-31-,35-34-,41-38-,49-46-,62-59+. The molecule has 0 aromatic rings. The van der Waals surface area contributed by atoms with Crippen molar-refractivity contribution in [2.24, 2.45) is 0 Å². The van der Waals surface area contributed by atoms with Crippen LogP contribution in [0.3, 0.4) is 0 Å². The molecule has 1 saturated heterocycles. The van der Waals surface area contributed by atoms with E-state index in [1.807, 2.05) is 6.08 Å². The first-order valence-electron chi connectivity index (χ1n) is 35.7. The maximum Gasteiger partial charge on any atom is 0.306 e. The van der Waals surface area contributed by atoms with Crippen LogP contribution >= 0.6 is 0 Å². The van der Waals surface area contributed by atoms with E-state index in [0.29, 0.717) is 12.8 Å². The van der Waals surface area contributed by atoms with Crippen LogP contribution in [-0.4, -0.2) is 99.6 Å². The van der Waals surface area contributed by atoms with Crippen LogP contribution in [0.2, 0.25) is 0 Å². The minimum Gasteiger partial charge on any atom is -0.454 e. The van der Waals surface area contributed by atoms with Crippen LogP contribution in [0.4, 0.5) is 0 Å². The second-order valence-electron chi connectivity index (χ2n) is 24.3. The lowest BCUT2D eigenvalue weighted by Gasteiger charge is -2.41. The van der Waals surface area contributed by atoms with Crippen LogP contribution in [0.5, 0.6) is 0 Å². The van der Waals surface area contributed by atoms with Gasteiger partial charge in [-0.25, -0.2) is 0 Å². The van der Waals surface area contributed by atoms with Gasteiger partial charge in [0.1, 0.15) is 24.4 Å². The van der Waals surface area contributed by atoms with Gasteiger partial charge in [-0.3, -0.25) is 9.59 Å². The maximum atomic E-state index is 13.5. The van der Waals surface area contributed by atoms with Gasteiger partial charge in [0.25, 0.3) is 0 Å². The molecule has 500 valence electrons. The number of rotatable bonds is 60. The lowest BCUT2D eigenvalue weighted by molar-refractivity contribution is -0.305. The molecule has 0 saturated carbocycles. The quantitative estimate of drug-likeness (QED) is 0.0195. The fourth-order valence-corrected chi connectivity index (χ4v) is 10.5. The molecule has 87 heavy (non-hydrogen) atoms. The average molecular weight is 1220 g/mol. The van der Waals surface area contributed by atoms with Gasteiger partial charge < -0.3 is 45.1 Å². The van der Waals surface area contributed by atoms with Crippen LogP contribution in [0.1, 0.15) is 297 Å². The molecule has 1 amide bonds. The monoisotopic (exact) mass is 1220 g/mol. The number of carbonyl (C=O) groups is 2. The third-order valence-corrected chi connectivity index (χ3v) is 16.1. The van der Waals surface area contributed by atoms with Crippen molar-refractivity contribution < 1.29 is 49.3 Å². The minimum atomic E-state index is -1.63. The van der Waals surface area contributed by atoms with Gasteiger partial charge in [-0.15, -0.1) is 0 Å². The summed E-state index contributed by atoms with van der Waals surface area (Å²) in [5.74, 6) is -1.23. The first-order valence-corrected chi connectivity index (χ1v) is 35.7. The molecular formula is C76H131NO10. The first-order chi connectivity index (χ1) is 42.7. The smallest absolute Gasteiger partial charge is 0.306 e. The number of hydrogen-bond acceptors (Lipinski definition) is 10. The summed E-state index contributed by atoms with van der Waals surface area (Å²) in [7, 11) is 0. The third-order valence-electron chi connectivity index (χ3n) is 16.1. The highest BCUT2D eigenvalue weighted by Gasteiger charge is 2.47. The van der Waals surface area contributed by atoms with Crippen molar-refractivity contribution in [2.45, 2.75) is 346 Å². The molecule has 1 rings (SSSR count). The highest BCUT2D eigenvalue weighted by atomic mass is 16.7. The summed E-state index contributed by atoms with van der Waals surface area (Å²) < 4.78 is 17.7. The summed E-state index contributed by atoms with van der Waals surface area (Å²) in [5, 5.41) is 57.2. The number of aliphatic hydroxyl groups is 5. The summed E-state index contributed by atoms with van der Waals surface area (Å²) in [6.45, 7) is 5.73. The Morgan fingerprint density at radius 2 is 0.793 bits per heavy atom. The zero-order chi connectivity index (χ0) is 63.1. The summed E-state index contributed by atoms with van der Waals surface area (Å²) in [4.78, 5) is 26.7. The van der Waals surface area contributed by atoms with Crippen molar-refractivity contribution in [3.05, 3.63) is 109 Å². The minimum absolute atomic E-state index is 0.0813. The molecule has 1 aliphatic rings. The molecule has 0 spiro atoms. The van der Waals surface area contributed by atoms with Gasteiger partial charge in [0.2, 0.25) is 5.91 Å². The van der Waals surface area contributed by atoms with Gasteiger partial charge in [-0.1, -0.05) is 284 Å². The van der Waals surface area contributed by atoms with E-state index in [1.54, 1.807) is 6.08 Å². The molecule has 6 N–H and O–H groups in total. The number of esters is 1. The van der Waals surface area contributed by atoms with Crippen LogP contribution < -0.4 is 5.32 Å². The maximum absolute atomic E-state index is 13.5. The molecule has 0 radical (unpaired) electrons. The Labute approximate surface area is 532 Å². The highest BCUT2D eigenvalue weighted by molar-refractivity contribution is 5.80. The Bertz CT molecular complexity index is 1830. The Hall–Kier alpha value is -3.68. The van der Waals surface area contributed by atoms with Gasteiger partial charge in [-0.2, -0.15) is 0 Å². The molecule has 0 aromatic heterocycles. The number of carbonyl (C=O) groups excluding carboxylic acids is 2. The fourth-order valence-electron chi connectivity index (χ4n) is 10.5. The molecule has 11 nitrogen and oxygen atoms in total. The van der Waals surface area contributed by atoms with Crippen LogP contribution in [0.25, 0.3) is 0 Å². The topological polar surface area (TPSA) is 175 Å². The van der Waals surface area contributed by atoms with Gasteiger partial charge >= 0.3 is 5.97 Å². The van der Waals surface area contributed by atoms with E-state index in [9.17, 15) is 35.1 Å². The summed E-state index contributed by atoms with van der Waals surface area (Å²) >= 11 is 0. The summed E-state index contributed by atoms with van der Waals surface area (Å²) in [5.41, 5.74) is 0. The molecule has 8 atom stereocenters. The molecule has 0 bridgehead atoms. The summed E-state index contributed by atoms with van der Waals surface area (Å²) in [6.07, 6.45) is 75.5. The van der Waals surface area contributed by atoms with Gasteiger partial charge in [0, 0.05) is 6.42 Å². The second-order valence-corrected chi connectivity index (χ2v) is 24.3. The number of hydrogen-bond donors (Lipinski definition) is 6. The summed E-state index contributed by atoms with van der Waals surface area (Å²) in [6, 6.07) is -1.04. The van der Waals surface area contributed by atoms with Crippen LogP contribution in [0.15, 0.2) is 109 Å². The second kappa shape index (κ2) is 62.5. The molecule has 0 aromatic carbocycles. The largest absolute Gasteiger partial charge is 0.454 e. The van der Waals surface area contributed by atoms with Crippen molar-refractivity contribution in [3.63, 3.8) is 0 Å². The highest BCUT2D eigenvalue weighted by Crippen LogP contribution is 2.26. The molecule has 0 aliphatic carbocycles. The number of allylic oxidation sites excluding steroid dienone is 17.